The molecule has 0 aliphatic rings. The molecule has 1 heterocycles. The Balaban J connectivity index is 0.000000302. The molecule has 1 aromatic rings. The van der Waals surface area contributed by atoms with Crippen LogP contribution in [0, 0.1) is 0 Å². The fourth-order valence-electron chi connectivity index (χ4n) is 0.802. The van der Waals surface area contributed by atoms with Gasteiger partial charge in [0.05, 0.1) is 5.02 Å². The van der Waals surface area contributed by atoms with E-state index in [2.05, 4.69) is 4.98 Å². The minimum absolute atomic E-state index is 0.103. The van der Waals surface area contributed by atoms with E-state index in [1.165, 1.54) is 0 Å². The minimum Gasteiger partial charge on any atom is -0.550 e. The fourth-order valence-corrected chi connectivity index (χ4v) is 0.919. The van der Waals surface area contributed by atoms with Crippen LogP contribution in [0.3, 0.4) is 0 Å². The normalized spacial score (nSPS) is 9.00. The third kappa shape index (κ3) is 10.5. The first-order valence-electron chi connectivity index (χ1n) is 4.76. The van der Waals surface area contributed by atoms with Crippen LogP contribution in [-0.4, -0.2) is 17.0 Å². The van der Waals surface area contributed by atoms with Gasteiger partial charge in [0.15, 0.2) is 0 Å². The minimum atomic E-state index is -1.20. The van der Waals surface area contributed by atoms with Crippen molar-refractivity contribution in [2.75, 3.05) is 5.73 Å². The summed E-state index contributed by atoms with van der Waals surface area (Å²) < 4.78 is 0. The predicted molar refractivity (Wildman–Crippen MR) is 58.9 cm³/mol. The number of aromatic nitrogens is 1. The van der Waals surface area contributed by atoms with E-state index in [0.717, 1.165) is 0 Å². The van der Waals surface area contributed by atoms with Crippen LogP contribution >= 0.6 is 11.6 Å². The summed E-state index contributed by atoms with van der Waals surface area (Å²) in [6.07, 6.45) is 1.51. The van der Waals surface area contributed by atoms with E-state index in [1.807, 2.05) is 0 Å². The average molecular weight is 261 g/mol. The van der Waals surface area contributed by atoms with Crippen LogP contribution in [0.25, 0.3) is 0 Å². The van der Waals surface area contributed by atoms with Gasteiger partial charge in [-0.2, -0.15) is 0 Å². The molecule has 0 aromatic carbocycles. The number of anilines is 1. The average Bonchev–Trinajstić information content (AvgIpc) is 2.22. The second-order valence-corrected chi connectivity index (χ2v) is 3.52. The maximum Gasteiger partial charge on any atom is 0.303 e. The highest BCUT2D eigenvalue weighted by molar-refractivity contribution is 6.30. The number of nitrogens with one attached hydrogen (secondary N) is 1. The Hall–Kier alpha value is -1.82. The molecular formula is C10H13ClN2O4. The summed E-state index contributed by atoms with van der Waals surface area (Å²) in [6.45, 7) is 0. The van der Waals surface area contributed by atoms with Gasteiger partial charge in [0, 0.05) is 18.5 Å². The van der Waals surface area contributed by atoms with Gasteiger partial charge in [-0.05, 0) is 18.9 Å². The number of carbonyl (C=O) groups is 2. The third-order valence-corrected chi connectivity index (χ3v) is 1.81. The monoisotopic (exact) mass is 260 g/mol. The summed E-state index contributed by atoms with van der Waals surface area (Å²) in [6, 6.07) is 3.44. The number of halogens is 1. The molecule has 4 N–H and O–H groups in total. The number of H-pyrrole nitrogens is 1. The Bertz CT molecular complexity index is 332. The van der Waals surface area contributed by atoms with Crippen LogP contribution in [-0.2, 0) is 9.59 Å². The molecule has 0 unspecified atom stereocenters. The van der Waals surface area contributed by atoms with Gasteiger partial charge in [-0.15, -0.1) is 0 Å². The summed E-state index contributed by atoms with van der Waals surface area (Å²) in [4.78, 5) is 22.2. The van der Waals surface area contributed by atoms with E-state index >= 15 is 0 Å². The third-order valence-electron chi connectivity index (χ3n) is 1.57. The smallest absolute Gasteiger partial charge is 0.303 e. The van der Waals surface area contributed by atoms with Crippen molar-refractivity contribution in [2.24, 2.45) is 0 Å². The second-order valence-electron chi connectivity index (χ2n) is 3.08. The maximum atomic E-state index is 9.77. The topological polar surface area (TPSA) is 118 Å². The lowest BCUT2D eigenvalue weighted by molar-refractivity contribution is -0.360. The van der Waals surface area contributed by atoms with Gasteiger partial charge in [-0.25, -0.2) is 4.98 Å². The summed E-state index contributed by atoms with van der Waals surface area (Å²) in [7, 11) is 0. The van der Waals surface area contributed by atoms with Crippen molar-refractivity contribution in [3.8, 4) is 0 Å². The highest BCUT2D eigenvalue weighted by atomic mass is 35.5. The first-order valence-corrected chi connectivity index (χ1v) is 5.14. The Morgan fingerprint density at radius 1 is 1.41 bits per heavy atom. The van der Waals surface area contributed by atoms with Crippen molar-refractivity contribution in [3.63, 3.8) is 0 Å². The molecule has 6 nitrogen and oxygen atoms in total. The molecule has 0 saturated carbocycles. The number of hydrogen-bond donors (Lipinski definition) is 2. The lowest BCUT2D eigenvalue weighted by atomic mass is 10.2. The Kier molecular flexibility index (Phi) is 7.45. The summed E-state index contributed by atoms with van der Waals surface area (Å²) in [5.74, 6) is -1.55. The van der Waals surface area contributed by atoms with Gasteiger partial charge in [0.1, 0.15) is 6.20 Å². The van der Waals surface area contributed by atoms with Crippen molar-refractivity contribution in [2.45, 2.75) is 19.3 Å². The molecule has 0 spiro atoms. The molecule has 17 heavy (non-hydrogen) atoms. The molecular weight excluding hydrogens is 248 g/mol. The highest BCUT2D eigenvalue weighted by Crippen LogP contribution is 2.02. The van der Waals surface area contributed by atoms with Crippen LogP contribution in [0.1, 0.15) is 19.3 Å². The molecule has 0 saturated heterocycles. The Labute approximate surface area is 103 Å². The number of pyridine rings is 1. The van der Waals surface area contributed by atoms with E-state index in [9.17, 15) is 14.7 Å². The van der Waals surface area contributed by atoms with Crippen LogP contribution in [0.5, 0.6) is 0 Å². The van der Waals surface area contributed by atoms with Crippen molar-refractivity contribution in [1.29, 1.82) is 0 Å². The van der Waals surface area contributed by atoms with E-state index in [-0.39, 0.29) is 19.3 Å². The van der Waals surface area contributed by atoms with Gasteiger partial charge < -0.3 is 15.0 Å². The largest absolute Gasteiger partial charge is 0.550 e. The summed E-state index contributed by atoms with van der Waals surface area (Å²) in [5, 5.41) is 18.4. The summed E-state index contributed by atoms with van der Waals surface area (Å²) >= 11 is 5.52. The molecule has 0 fully saturated rings. The zero-order valence-corrected chi connectivity index (χ0v) is 9.74. The Morgan fingerprint density at radius 3 is 2.41 bits per heavy atom. The van der Waals surface area contributed by atoms with Crippen molar-refractivity contribution in [1.82, 2.24) is 0 Å². The second kappa shape index (κ2) is 8.35. The zero-order chi connectivity index (χ0) is 13.3. The molecule has 0 amide bonds. The molecule has 0 radical (unpaired) electrons. The number of hydrogen-bond acceptors (Lipinski definition) is 4. The van der Waals surface area contributed by atoms with Gasteiger partial charge in [0.25, 0.3) is 5.82 Å². The molecule has 1 rings (SSSR count). The van der Waals surface area contributed by atoms with Crippen LogP contribution in [0.2, 0.25) is 5.02 Å². The molecule has 1 aromatic heterocycles. The van der Waals surface area contributed by atoms with Gasteiger partial charge in [-0.3, -0.25) is 10.5 Å². The van der Waals surface area contributed by atoms with Crippen LogP contribution in [0.15, 0.2) is 18.3 Å². The number of carbonyl (C=O) groups excluding carboxylic acids is 1. The lowest BCUT2D eigenvalue weighted by Crippen LogP contribution is -2.21. The number of rotatable bonds is 4. The van der Waals surface area contributed by atoms with Crippen molar-refractivity contribution in [3.05, 3.63) is 23.4 Å². The van der Waals surface area contributed by atoms with Crippen molar-refractivity contribution < 1.29 is 24.8 Å². The highest BCUT2D eigenvalue weighted by Gasteiger charge is 1.94. The fraction of sp³-hybridized carbons (Fsp3) is 0.300. The maximum absolute atomic E-state index is 9.77. The molecule has 0 atom stereocenters. The molecule has 0 aliphatic carbocycles. The number of carboxylic acids is 2. The number of aromatic amines is 1. The number of nitrogen functional groups attached to an aromatic ring is 1. The predicted octanol–water partition coefficient (Wildman–Crippen LogP) is -0.273. The number of carboxylic acid groups (broad SMARTS) is 2. The van der Waals surface area contributed by atoms with E-state index in [4.69, 9.17) is 22.4 Å². The van der Waals surface area contributed by atoms with Crippen LogP contribution < -0.4 is 15.8 Å². The van der Waals surface area contributed by atoms with E-state index < -0.39 is 11.9 Å². The first-order chi connectivity index (χ1) is 7.91. The Morgan fingerprint density at radius 2 is 2.06 bits per heavy atom. The number of aliphatic carboxylic acids is 2. The first kappa shape index (κ1) is 15.2. The molecule has 7 heteroatoms. The van der Waals surface area contributed by atoms with Gasteiger partial charge >= 0.3 is 5.97 Å². The van der Waals surface area contributed by atoms with Crippen molar-refractivity contribution >= 4 is 29.4 Å². The standard InChI is InChI=1S/C5H5ClN2.C5H8O4/c6-4-1-2-5(7)8-3-4;6-4(7)2-1-3-5(8)9/h1-3H,(H2,7,8);1-3H2,(H,6,7)(H,8,9). The van der Waals surface area contributed by atoms with Crippen LogP contribution in [0.4, 0.5) is 5.82 Å². The SMILES string of the molecule is Nc1ccc(Cl)c[nH+]1.O=C([O-])CCCC(=O)O. The molecule has 0 bridgehead atoms. The van der Waals surface area contributed by atoms with E-state index in [0.29, 0.717) is 10.8 Å². The van der Waals surface area contributed by atoms with Gasteiger partial charge in [-0.1, -0.05) is 11.6 Å². The molecule has 94 valence electrons. The van der Waals surface area contributed by atoms with E-state index in [1.54, 1.807) is 18.3 Å². The van der Waals surface area contributed by atoms with Gasteiger partial charge in [0.2, 0.25) is 0 Å². The quantitative estimate of drug-likeness (QED) is 0.772. The lowest BCUT2D eigenvalue weighted by Gasteiger charge is -1.96. The number of nitrogens with two attached hydrogens (primary N) is 1. The summed E-state index contributed by atoms with van der Waals surface area (Å²) in [5.41, 5.74) is 5.31. The zero-order valence-electron chi connectivity index (χ0n) is 8.98. The molecule has 0 aliphatic heterocycles.